The van der Waals surface area contributed by atoms with E-state index in [-0.39, 0.29) is 11.3 Å². The van der Waals surface area contributed by atoms with Crippen molar-refractivity contribution in [1.29, 1.82) is 0 Å². The minimum absolute atomic E-state index is 0.0337. The van der Waals surface area contributed by atoms with Crippen molar-refractivity contribution in [2.75, 3.05) is 5.73 Å². The molecule has 0 aliphatic carbocycles. The molecule has 2 rings (SSSR count). The van der Waals surface area contributed by atoms with Crippen LogP contribution in [0.5, 0.6) is 0 Å². The van der Waals surface area contributed by atoms with Gasteiger partial charge < -0.3 is 11.1 Å². The summed E-state index contributed by atoms with van der Waals surface area (Å²) in [6.45, 7) is 2.24. The fraction of sp³-hybridized carbons (Fsp3) is 0.133. The molecule has 0 aliphatic heterocycles. The highest BCUT2D eigenvalue weighted by Gasteiger charge is 2.20. The monoisotopic (exact) mass is 285 g/mol. The second-order valence-electron chi connectivity index (χ2n) is 4.64. The Kier molecular flexibility index (Phi) is 4.18. The quantitative estimate of drug-likeness (QED) is 0.512. The highest BCUT2D eigenvalue weighted by atomic mass is 16.6. The van der Waals surface area contributed by atoms with Gasteiger partial charge in [-0.15, -0.1) is 0 Å². The molecule has 21 heavy (non-hydrogen) atoms. The number of nitrogens with zero attached hydrogens (tertiary/aromatic N) is 1. The van der Waals surface area contributed by atoms with Crippen LogP contribution in [0.2, 0.25) is 0 Å². The summed E-state index contributed by atoms with van der Waals surface area (Å²) in [4.78, 5) is 22.5. The van der Waals surface area contributed by atoms with Gasteiger partial charge in [0.1, 0.15) is 5.56 Å². The maximum atomic E-state index is 12.1. The van der Waals surface area contributed by atoms with Gasteiger partial charge in [-0.05, 0) is 30.2 Å². The third kappa shape index (κ3) is 3.36. The van der Waals surface area contributed by atoms with Crippen molar-refractivity contribution in [3.05, 3.63) is 69.3 Å². The molecule has 108 valence electrons. The number of hydrogen-bond donors (Lipinski definition) is 2. The Hall–Kier alpha value is -2.89. The Morgan fingerprint density at radius 3 is 2.67 bits per heavy atom. The van der Waals surface area contributed by atoms with Gasteiger partial charge in [0.2, 0.25) is 0 Å². The maximum absolute atomic E-state index is 12.1. The van der Waals surface area contributed by atoms with Crippen molar-refractivity contribution in [1.82, 2.24) is 5.32 Å². The summed E-state index contributed by atoms with van der Waals surface area (Å²) < 4.78 is 0. The number of rotatable bonds is 4. The fourth-order valence-electron chi connectivity index (χ4n) is 1.97. The summed E-state index contributed by atoms with van der Waals surface area (Å²) in [5.41, 5.74) is 7.61. The van der Waals surface area contributed by atoms with E-state index in [4.69, 9.17) is 5.73 Å². The van der Waals surface area contributed by atoms with Crippen LogP contribution in [0.15, 0.2) is 42.5 Å². The number of anilines is 1. The molecule has 0 saturated heterocycles. The number of nitro benzene ring substituents is 1. The van der Waals surface area contributed by atoms with Crippen LogP contribution < -0.4 is 11.1 Å². The molecule has 0 aliphatic rings. The Morgan fingerprint density at radius 2 is 2.00 bits per heavy atom. The van der Waals surface area contributed by atoms with E-state index in [2.05, 4.69) is 5.32 Å². The standard InChI is InChI=1S/C15H15N3O3/c1-10-4-2-3-5-11(10)9-17-15(19)13-8-12(16)6-7-14(13)18(20)21/h2-8H,9,16H2,1H3,(H,17,19). The largest absolute Gasteiger partial charge is 0.399 e. The predicted octanol–water partition coefficient (Wildman–Crippen LogP) is 2.42. The average molecular weight is 285 g/mol. The number of nitro groups is 1. The second kappa shape index (κ2) is 6.04. The summed E-state index contributed by atoms with van der Waals surface area (Å²) in [5.74, 6) is -0.516. The molecule has 2 aromatic carbocycles. The molecule has 6 nitrogen and oxygen atoms in total. The lowest BCUT2D eigenvalue weighted by molar-refractivity contribution is -0.385. The first-order chi connectivity index (χ1) is 9.99. The number of carbonyl (C=O) groups excluding carboxylic acids is 1. The Labute approximate surface area is 121 Å². The molecule has 3 N–H and O–H groups in total. The van der Waals surface area contributed by atoms with Gasteiger partial charge in [0.15, 0.2) is 0 Å². The Balaban J connectivity index is 2.19. The first kappa shape index (κ1) is 14.5. The summed E-state index contributed by atoms with van der Waals surface area (Å²) in [6.07, 6.45) is 0. The van der Waals surface area contributed by atoms with Crippen molar-refractivity contribution >= 4 is 17.3 Å². The molecule has 0 heterocycles. The number of nitrogen functional groups attached to an aromatic ring is 1. The molecule has 0 aromatic heterocycles. The van der Waals surface area contributed by atoms with Crippen molar-refractivity contribution < 1.29 is 9.72 Å². The van der Waals surface area contributed by atoms with Crippen LogP contribution in [-0.4, -0.2) is 10.8 Å². The number of aryl methyl sites for hydroxylation is 1. The van der Waals surface area contributed by atoms with Crippen LogP contribution in [0, 0.1) is 17.0 Å². The first-order valence-corrected chi connectivity index (χ1v) is 6.35. The molecule has 1 amide bonds. The molecule has 0 bridgehead atoms. The zero-order chi connectivity index (χ0) is 15.4. The van der Waals surface area contributed by atoms with Crippen LogP contribution in [0.1, 0.15) is 21.5 Å². The third-order valence-electron chi connectivity index (χ3n) is 3.16. The van der Waals surface area contributed by atoms with Crippen molar-refractivity contribution in [2.45, 2.75) is 13.5 Å². The predicted molar refractivity (Wildman–Crippen MR) is 79.9 cm³/mol. The lowest BCUT2D eigenvalue weighted by Crippen LogP contribution is -2.24. The van der Waals surface area contributed by atoms with Crippen LogP contribution >= 0.6 is 0 Å². The van der Waals surface area contributed by atoms with E-state index in [0.717, 1.165) is 11.1 Å². The van der Waals surface area contributed by atoms with Gasteiger partial charge in [0.05, 0.1) is 4.92 Å². The lowest BCUT2D eigenvalue weighted by Gasteiger charge is -2.08. The zero-order valence-electron chi connectivity index (χ0n) is 11.5. The molecular formula is C15H15N3O3. The lowest BCUT2D eigenvalue weighted by atomic mass is 10.1. The molecule has 0 spiro atoms. The van der Waals surface area contributed by atoms with Gasteiger partial charge >= 0.3 is 0 Å². The zero-order valence-corrected chi connectivity index (χ0v) is 11.5. The average Bonchev–Trinajstić information content (AvgIpc) is 2.45. The third-order valence-corrected chi connectivity index (χ3v) is 3.16. The van der Waals surface area contributed by atoms with Crippen molar-refractivity contribution in [3.63, 3.8) is 0 Å². The van der Waals surface area contributed by atoms with Gasteiger partial charge in [0.25, 0.3) is 11.6 Å². The van der Waals surface area contributed by atoms with E-state index < -0.39 is 10.8 Å². The summed E-state index contributed by atoms with van der Waals surface area (Å²) in [7, 11) is 0. The van der Waals surface area contributed by atoms with Gasteiger partial charge in [-0.25, -0.2) is 0 Å². The van der Waals surface area contributed by atoms with Crippen molar-refractivity contribution in [2.24, 2.45) is 0 Å². The number of nitrogens with two attached hydrogens (primary N) is 1. The number of carbonyl (C=O) groups is 1. The molecule has 6 heteroatoms. The van der Waals surface area contributed by atoms with Gasteiger partial charge in [0, 0.05) is 18.3 Å². The topological polar surface area (TPSA) is 98.3 Å². The van der Waals surface area contributed by atoms with E-state index in [1.165, 1.54) is 18.2 Å². The second-order valence-corrected chi connectivity index (χ2v) is 4.64. The number of hydrogen-bond acceptors (Lipinski definition) is 4. The smallest absolute Gasteiger partial charge is 0.282 e. The number of benzene rings is 2. The highest BCUT2D eigenvalue weighted by Crippen LogP contribution is 2.21. The van der Waals surface area contributed by atoms with E-state index in [0.29, 0.717) is 12.2 Å². The SMILES string of the molecule is Cc1ccccc1CNC(=O)c1cc(N)ccc1[N+](=O)[O-]. The van der Waals surface area contributed by atoms with Crippen LogP contribution in [-0.2, 0) is 6.54 Å². The molecule has 0 saturated carbocycles. The fourth-order valence-corrected chi connectivity index (χ4v) is 1.97. The summed E-state index contributed by atoms with van der Waals surface area (Å²) >= 11 is 0. The molecular weight excluding hydrogens is 270 g/mol. The minimum Gasteiger partial charge on any atom is -0.399 e. The molecule has 0 radical (unpaired) electrons. The highest BCUT2D eigenvalue weighted by molar-refractivity contribution is 5.99. The normalized spacial score (nSPS) is 10.1. The van der Waals surface area contributed by atoms with Gasteiger partial charge in [-0.1, -0.05) is 24.3 Å². The molecule has 2 aromatic rings. The van der Waals surface area contributed by atoms with E-state index in [1.807, 2.05) is 31.2 Å². The van der Waals surface area contributed by atoms with Gasteiger partial charge in [-0.3, -0.25) is 14.9 Å². The van der Waals surface area contributed by atoms with Crippen LogP contribution in [0.4, 0.5) is 11.4 Å². The number of amides is 1. The number of nitrogens with one attached hydrogen (secondary N) is 1. The van der Waals surface area contributed by atoms with Crippen LogP contribution in [0.25, 0.3) is 0 Å². The summed E-state index contributed by atoms with van der Waals surface area (Å²) in [5, 5.41) is 13.6. The van der Waals surface area contributed by atoms with E-state index in [9.17, 15) is 14.9 Å². The minimum atomic E-state index is -0.595. The van der Waals surface area contributed by atoms with Gasteiger partial charge in [-0.2, -0.15) is 0 Å². The Morgan fingerprint density at radius 1 is 1.29 bits per heavy atom. The van der Waals surface area contributed by atoms with E-state index in [1.54, 1.807) is 0 Å². The molecule has 0 fully saturated rings. The van der Waals surface area contributed by atoms with Crippen LogP contribution in [0.3, 0.4) is 0 Å². The first-order valence-electron chi connectivity index (χ1n) is 6.35. The molecule has 0 unspecified atom stereocenters. The maximum Gasteiger partial charge on any atom is 0.282 e. The summed E-state index contributed by atoms with van der Waals surface area (Å²) in [6, 6.07) is 11.5. The Bertz CT molecular complexity index is 698. The molecule has 0 atom stereocenters. The van der Waals surface area contributed by atoms with E-state index >= 15 is 0 Å². The van der Waals surface area contributed by atoms with Crippen molar-refractivity contribution in [3.8, 4) is 0 Å².